The van der Waals surface area contributed by atoms with Crippen molar-refractivity contribution in [2.75, 3.05) is 13.2 Å². The third-order valence-corrected chi connectivity index (χ3v) is 2.65. The molecule has 0 heterocycles. The largest absolute Gasteiger partial charge is 0.383 e. The maximum absolute atomic E-state index is 13.6. The van der Waals surface area contributed by atoms with Crippen molar-refractivity contribution >= 4 is 0 Å². The Bertz CT molecular complexity index is 327. The first-order valence-electron chi connectivity index (χ1n) is 5.69. The molecule has 1 N–H and O–H groups in total. The van der Waals surface area contributed by atoms with Crippen LogP contribution in [0.1, 0.15) is 32.3 Å². The summed E-state index contributed by atoms with van der Waals surface area (Å²) in [6, 6.07) is 6.30. The number of benzene rings is 1. The second-order valence-corrected chi connectivity index (χ2v) is 3.92. The molecule has 0 spiro atoms. The number of ether oxygens (including phenoxy) is 1. The molecule has 1 aromatic rings. The molecule has 0 amide bonds. The Morgan fingerprint density at radius 1 is 1.31 bits per heavy atom. The number of rotatable bonds is 6. The highest BCUT2D eigenvalue weighted by atomic mass is 19.1. The summed E-state index contributed by atoms with van der Waals surface area (Å²) < 4.78 is 18.9. The Labute approximate surface area is 96.1 Å². The Morgan fingerprint density at radius 2 is 2.00 bits per heavy atom. The molecule has 3 heteroatoms. The van der Waals surface area contributed by atoms with Crippen molar-refractivity contribution in [2.45, 2.75) is 32.3 Å². The Hall–Kier alpha value is -0.930. The van der Waals surface area contributed by atoms with Gasteiger partial charge in [-0.2, -0.15) is 0 Å². The van der Waals surface area contributed by atoms with Gasteiger partial charge in [0.05, 0.1) is 6.61 Å². The molecule has 0 fully saturated rings. The molecule has 0 bridgehead atoms. The van der Waals surface area contributed by atoms with Crippen LogP contribution in [0.4, 0.5) is 4.39 Å². The fraction of sp³-hybridized carbons (Fsp3) is 0.538. The first-order chi connectivity index (χ1) is 7.64. The van der Waals surface area contributed by atoms with E-state index < -0.39 is 5.60 Å². The molecule has 0 radical (unpaired) electrons. The highest BCUT2D eigenvalue weighted by Gasteiger charge is 2.30. The van der Waals surface area contributed by atoms with E-state index in [1.54, 1.807) is 18.2 Å². The maximum atomic E-state index is 13.6. The predicted molar refractivity (Wildman–Crippen MR) is 61.7 cm³/mol. The Morgan fingerprint density at radius 3 is 2.56 bits per heavy atom. The molecular weight excluding hydrogens is 207 g/mol. The SMILES string of the molecule is CCCOCC(O)(CC)c1ccccc1F. The molecule has 1 unspecified atom stereocenters. The van der Waals surface area contributed by atoms with Gasteiger partial charge in [0.2, 0.25) is 0 Å². The smallest absolute Gasteiger partial charge is 0.129 e. The van der Waals surface area contributed by atoms with Crippen LogP contribution in [0.25, 0.3) is 0 Å². The van der Waals surface area contributed by atoms with Crippen molar-refractivity contribution in [3.05, 3.63) is 35.6 Å². The molecule has 0 aromatic heterocycles. The van der Waals surface area contributed by atoms with Gasteiger partial charge in [-0.15, -0.1) is 0 Å². The number of hydrogen-bond donors (Lipinski definition) is 1. The van der Waals surface area contributed by atoms with E-state index >= 15 is 0 Å². The van der Waals surface area contributed by atoms with Crippen LogP contribution in [0.2, 0.25) is 0 Å². The molecule has 0 aliphatic heterocycles. The van der Waals surface area contributed by atoms with Gasteiger partial charge >= 0.3 is 0 Å². The Kier molecular flexibility index (Phi) is 4.90. The van der Waals surface area contributed by atoms with Gasteiger partial charge in [-0.1, -0.05) is 32.0 Å². The molecule has 1 atom stereocenters. The quantitative estimate of drug-likeness (QED) is 0.756. The second kappa shape index (κ2) is 5.97. The fourth-order valence-corrected chi connectivity index (χ4v) is 1.59. The van der Waals surface area contributed by atoms with Crippen molar-refractivity contribution in [3.8, 4) is 0 Å². The molecule has 0 saturated carbocycles. The van der Waals surface area contributed by atoms with Crippen LogP contribution in [-0.4, -0.2) is 18.3 Å². The lowest BCUT2D eigenvalue weighted by Gasteiger charge is -2.27. The first kappa shape index (κ1) is 13.1. The van der Waals surface area contributed by atoms with Gasteiger partial charge in [-0.05, 0) is 18.9 Å². The van der Waals surface area contributed by atoms with Crippen LogP contribution in [0.3, 0.4) is 0 Å². The minimum atomic E-state index is -1.22. The zero-order valence-corrected chi connectivity index (χ0v) is 9.87. The van der Waals surface area contributed by atoms with Crippen LogP contribution in [-0.2, 0) is 10.3 Å². The molecule has 0 saturated heterocycles. The third-order valence-electron chi connectivity index (χ3n) is 2.65. The lowest BCUT2D eigenvalue weighted by Crippen LogP contribution is -2.32. The van der Waals surface area contributed by atoms with Crippen LogP contribution in [0.15, 0.2) is 24.3 Å². The minimum Gasteiger partial charge on any atom is -0.383 e. The summed E-state index contributed by atoms with van der Waals surface area (Å²) in [6.45, 7) is 4.53. The van der Waals surface area contributed by atoms with Crippen LogP contribution < -0.4 is 0 Å². The summed E-state index contributed by atoms with van der Waals surface area (Å²) in [5.74, 6) is -0.382. The normalized spacial score (nSPS) is 14.8. The highest BCUT2D eigenvalue weighted by molar-refractivity contribution is 5.24. The van der Waals surface area contributed by atoms with E-state index in [0.717, 1.165) is 6.42 Å². The lowest BCUT2D eigenvalue weighted by molar-refractivity contribution is -0.0555. The summed E-state index contributed by atoms with van der Waals surface area (Å²) in [4.78, 5) is 0. The summed E-state index contributed by atoms with van der Waals surface area (Å²) in [7, 11) is 0. The van der Waals surface area contributed by atoms with Crippen molar-refractivity contribution in [1.82, 2.24) is 0 Å². The lowest BCUT2D eigenvalue weighted by atomic mass is 9.91. The van der Waals surface area contributed by atoms with Crippen LogP contribution in [0, 0.1) is 5.82 Å². The van der Waals surface area contributed by atoms with Crippen molar-refractivity contribution in [1.29, 1.82) is 0 Å². The standard InChI is InChI=1S/C13H19FO2/c1-3-9-16-10-13(15,4-2)11-7-5-6-8-12(11)14/h5-8,15H,3-4,9-10H2,1-2H3. The highest BCUT2D eigenvalue weighted by Crippen LogP contribution is 2.27. The van der Waals surface area contributed by atoms with E-state index in [1.807, 2.05) is 13.8 Å². The van der Waals surface area contributed by atoms with Gasteiger partial charge in [0.25, 0.3) is 0 Å². The molecule has 1 rings (SSSR count). The molecule has 16 heavy (non-hydrogen) atoms. The van der Waals surface area contributed by atoms with Gasteiger partial charge in [0.15, 0.2) is 0 Å². The number of halogens is 1. The van der Waals surface area contributed by atoms with Gasteiger partial charge in [-0.25, -0.2) is 4.39 Å². The monoisotopic (exact) mass is 226 g/mol. The van der Waals surface area contributed by atoms with Crippen molar-refractivity contribution < 1.29 is 14.2 Å². The Balaban J connectivity index is 2.83. The van der Waals surface area contributed by atoms with Crippen LogP contribution in [0.5, 0.6) is 0 Å². The second-order valence-electron chi connectivity index (χ2n) is 3.92. The summed E-state index contributed by atoms with van der Waals surface area (Å²) in [6.07, 6.45) is 1.31. The molecule has 0 aliphatic carbocycles. The minimum absolute atomic E-state index is 0.137. The van der Waals surface area contributed by atoms with E-state index in [0.29, 0.717) is 18.6 Å². The third kappa shape index (κ3) is 3.03. The van der Waals surface area contributed by atoms with E-state index in [-0.39, 0.29) is 12.4 Å². The summed E-state index contributed by atoms with van der Waals surface area (Å²) in [5, 5.41) is 10.3. The van der Waals surface area contributed by atoms with Gasteiger partial charge in [0, 0.05) is 12.2 Å². The van der Waals surface area contributed by atoms with Gasteiger partial charge < -0.3 is 9.84 Å². The van der Waals surface area contributed by atoms with Gasteiger partial charge in [-0.3, -0.25) is 0 Å². The predicted octanol–water partition coefficient (Wildman–Crippen LogP) is 2.85. The van der Waals surface area contributed by atoms with E-state index in [1.165, 1.54) is 6.07 Å². The average Bonchev–Trinajstić information content (AvgIpc) is 2.30. The number of aliphatic hydroxyl groups is 1. The van der Waals surface area contributed by atoms with E-state index in [4.69, 9.17) is 4.74 Å². The first-order valence-corrected chi connectivity index (χ1v) is 5.69. The molecule has 1 aromatic carbocycles. The summed E-state index contributed by atoms with van der Waals surface area (Å²) >= 11 is 0. The maximum Gasteiger partial charge on any atom is 0.129 e. The molecule has 0 aliphatic rings. The summed E-state index contributed by atoms with van der Waals surface area (Å²) in [5.41, 5.74) is -0.908. The molecule has 90 valence electrons. The fourth-order valence-electron chi connectivity index (χ4n) is 1.59. The van der Waals surface area contributed by atoms with E-state index in [9.17, 15) is 9.50 Å². The number of hydrogen-bond acceptors (Lipinski definition) is 2. The topological polar surface area (TPSA) is 29.5 Å². The average molecular weight is 226 g/mol. The zero-order valence-electron chi connectivity index (χ0n) is 9.87. The van der Waals surface area contributed by atoms with Crippen molar-refractivity contribution in [3.63, 3.8) is 0 Å². The molecular formula is C13H19FO2. The van der Waals surface area contributed by atoms with Gasteiger partial charge in [0.1, 0.15) is 11.4 Å². The zero-order chi connectivity index (χ0) is 12.0. The van der Waals surface area contributed by atoms with E-state index in [2.05, 4.69) is 0 Å². The van der Waals surface area contributed by atoms with Crippen LogP contribution >= 0.6 is 0 Å². The van der Waals surface area contributed by atoms with Crippen molar-refractivity contribution in [2.24, 2.45) is 0 Å². The molecule has 2 nitrogen and oxygen atoms in total.